The van der Waals surface area contributed by atoms with Crippen LogP contribution in [0.5, 0.6) is 0 Å². The molecule has 7 heteroatoms. The lowest BCUT2D eigenvalue weighted by atomic mass is 9.96. The molecule has 0 aromatic carbocycles. The van der Waals surface area contributed by atoms with Crippen LogP contribution in [-0.2, 0) is 14.4 Å². The first-order valence-electron chi connectivity index (χ1n) is 10.8. The van der Waals surface area contributed by atoms with Gasteiger partial charge in [-0.05, 0) is 6.42 Å². The van der Waals surface area contributed by atoms with Gasteiger partial charge in [-0.15, -0.1) is 0 Å². The summed E-state index contributed by atoms with van der Waals surface area (Å²) in [5.41, 5.74) is 7.19. The molecule has 0 unspecified atom stereocenters. The summed E-state index contributed by atoms with van der Waals surface area (Å²) < 4.78 is 0. The quantitative estimate of drug-likeness (QED) is 0.309. The van der Waals surface area contributed by atoms with E-state index in [2.05, 4.69) is 17.7 Å². The van der Waals surface area contributed by atoms with Gasteiger partial charge in [0.25, 0.3) is 5.91 Å². The second-order valence-corrected chi connectivity index (χ2v) is 8.41. The number of nitrogens with one attached hydrogen (secondary N) is 2. The van der Waals surface area contributed by atoms with Crippen molar-refractivity contribution in [3.63, 3.8) is 0 Å². The molecule has 0 aliphatic carbocycles. The molecule has 0 spiro atoms. The Morgan fingerprint density at radius 3 is 1.82 bits per heavy atom. The Morgan fingerprint density at radius 1 is 0.857 bits per heavy atom. The van der Waals surface area contributed by atoms with Crippen LogP contribution in [-0.4, -0.2) is 42.4 Å². The van der Waals surface area contributed by atoms with Crippen molar-refractivity contribution in [1.82, 2.24) is 15.8 Å². The Hall–Kier alpha value is -1.63. The predicted octanol–water partition coefficient (Wildman–Crippen LogP) is 2.89. The van der Waals surface area contributed by atoms with Crippen LogP contribution in [0.2, 0.25) is 0 Å². The third kappa shape index (κ3) is 13.5. The maximum atomic E-state index is 12.1. The Labute approximate surface area is 171 Å². The number of amides is 3. The Morgan fingerprint density at radius 2 is 1.36 bits per heavy atom. The lowest BCUT2D eigenvalue weighted by molar-refractivity contribution is -0.146. The van der Waals surface area contributed by atoms with E-state index < -0.39 is 11.3 Å². The van der Waals surface area contributed by atoms with Gasteiger partial charge >= 0.3 is 0 Å². The van der Waals surface area contributed by atoms with Crippen LogP contribution < -0.4 is 16.5 Å². The van der Waals surface area contributed by atoms with Crippen molar-refractivity contribution in [2.75, 3.05) is 19.6 Å². The summed E-state index contributed by atoms with van der Waals surface area (Å²) in [6.45, 7) is 7.52. The van der Waals surface area contributed by atoms with E-state index in [0.717, 1.165) is 17.9 Å². The highest BCUT2D eigenvalue weighted by Crippen LogP contribution is 2.13. The first-order valence-corrected chi connectivity index (χ1v) is 10.8. The van der Waals surface area contributed by atoms with Crippen molar-refractivity contribution in [3.05, 3.63) is 0 Å². The molecule has 0 aliphatic rings. The van der Waals surface area contributed by atoms with Gasteiger partial charge in [0.1, 0.15) is 6.54 Å². The minimum Gasteiger partial charge on any atom is -0.354 e. The average Bonchev–Trinajstić information content (AvgIpc) is 2.64. The molecule has 0 aliphatic heterocycles. The molecule has 0 fully saturated rings. The summed E-state index contributed by atoms with van der Waals surface area (Å²) in [7, 11) is 0. The van der Waals surface area contributed by atoms with E-state index in [1.807, 2.05) is 0 Å². The normalized spacial score (nSPS) is 11.2. The fourth-order valence-corrected chi connectivity index (χ4v) is 2.63. The topological polar surface area (TPSA) is 105 Å². The predicted molar refractivity (Wildman–Crippen MR) is 113 cm³/mol. The van der Waals surface area contributed by atoms with Crippen LogP contribution >= 0.6 is 0 Å². The Balaban J connectivity index is 3.94. The third-order valence-corrected chi connectivity index (χ3v) is 4.55. The number of nitrogens with zero attached hydrogens (tertiary/aromatic N) is 1. The van der Waals surface area contributed by atoms with Crippen LogP contribution in [0, 0.1) is 5.41 Å². The fraction of sp³-hybridized carbons (Fsp3) is 0.857. The van der Waals surface area contributed by atoms with Crippen molar-refractivity contribution in [1.29, 1.82) is 0 Å². The summed E-state index contributed by atoms with van der Waals surface area (Å²) in [5.74, 6) is -1.13. The number of hydrogen-bond donors (Lipinski definition) is 3. The van der Waals surface area contributed by atoms with Gasteiger partial charge in [0, 0.05) is 12.0 Å². The highest BCUT2D eigenvalue weighted by Gasteiger charge is 2.26. The van der Waals surface area contributed by atoms with Crippen molar-refractivity contribution in [2.45, 2.75) is 91.9 Å². The van der Waals surface area contributed by atoms with Gasteiger partial charge in [-0.25, -0.2) is 5.01 Å². The first kappa shape index (κ1) is 26.4. The number of hydrazine groups is 1. The molecule has 0 rings (SSSR count). The second kappa shape index (κ2) is 15.3. The lowest BCUT2D eigenvalue weighted by Crippen LogP contribution is -2.54. The molecule has 0 heterocycles. The average molecular weight is 399 g/mol. The van der Waals surface area contributed by atoms with Gasteiger partial charge in [-0.2, -0.15) is 0 Å². The summed E-state index contributed by atoms with van der Waals surface area (Å²) in [5, 5.41) is 3.81. The van der Waals surface area contributed by atoms with Gasteiger partial charge in [0.15, 0.2) is 0 Å². The zero-order valence-corrected chi connectivity index (χ0v) is 18.4. The van der Waals surface area contributed by atoms with Crippen LogP contribution in [0.25, 0.3) is 0 Å². The maximum absolute atomic E-state index is 12.1. The third-order valence-electron chi connectivity index (χ3n) is 4.55. The number of nitrogens with two attached hydrogens (primary N) is 1. The molecule has 0 radical (unpaired) electrons. The maximum Gasteiger partial charge on any atom is 0.255 e. The molecule has 4 N–H and O–H groups in total. The molecule has 0 aromatic heterocycles. The molecular weight excluding hydrogens is 356 g/mol. The fourth-order valence-electron chi connectivity index (χ4n) is 2.63. The van der Waals surface area contributed by atoms with Crippen LogP contribution in [0.15, 0.2) is 0 Å². The Kier molecular flexibility index (Phi) is 14.4. The van der Waals surface area contributed by atoms with Crippen LogP contribution in [0.3, 0.4) is 0 Å². The summed E-state index contributed by atoms with van der Waals surface area (Å²) in [6.07, 6.45) is 12.4. The van der Waals surface area contributed by atoms with E-state index in [4.69, 9.17) is 5.73 Å². The molecular formula is C21H42N4O3. The summed E-state index contributed by atoms with van der Waals surface area (Å²) >= 11 is 0. The van der Waals surface area contributed by atoms with E-state index in [1.54, 1.807) is 20.8 Å². The first-order chi connectivity index (χ1) is 13.2. The minimum absolute atomic E-state index is 0.227. The molecule has 0 aromatic rings. The minimum atomic E-state index is -0.667. The van der Waals surface area contributed by atoms with Gasteiger partial charge in [-0.1, -0.05) is 85.5 Å². The van der Waals surface area contributed by atoms with E-state index >= 15 is 0 Å². The lowest BCUT2D eigenvalue weighted by Gasteiger charge is -2.26. The van der Waals surface area contributed by atoms with E-state index in [9.17, 15) is 14.4 Å². The standard InChI is InChI=1S/C21H42N4O3/c1-5-6-7-8-9-10-11-12-13-14-15-23-18(26)17-25(19(27)16-22)24-20(28)21(2,3)4/h5-17,22H2,1-4H3,(H,23,26)(H,24,28). The van der Waals surface area contributed by atoms with Gasteiger partial charge in [0.2, 0.25) is 11.8 Å². The largest absolute Gasteiger partial charge is 0.354 e. The molecule has 0 atom stereocenters. The zero-order chi connectivity index (χ0) is 21.4. The van der Waals surface area contributed by atoms with E-state index in [1.165, 1.54) is 51.4 Å². The second-order valence-electron chi connectivity index (χ2n) is 8.41. The van der Waals surface area contributed by atoms with Crippen LogP contribution in [0.1, 0.15) is 91.9 Å². The smallest absolute Gasteiger partial charge is 0.255 e. The van der Waals surface area contributed by atoms with Gasteiger partial charge in [-0.3, -0.25) is 19.8 Å². The van der Waals surface area contributed by atoms with Crippen molar-refractivity contribution in [3.8, 4) is 0 Å². The van der Waals surface area contributed by atoms with Crippen molar-refractivity contribution in [2.24, 2.45) is 11.1 Å². The molecule has 28 heavy (non-hydrogen) atoms. The SMILES string of the molecule is CCCCCCCCCCCCNC(=O)CN(NC(=O)C(C)(C)C)C(=O)CN. The highest BCUT2D eigenvalue weighted by atomic mass is 16.2. The molecule has 0 saturated carbocycles. The van der Waals surface area contributed by atoms with Gasteiger partial charge in [0.05, 0.1) is 6.54 Å². The molecule has 164 valence electrons. The number of rotatable bonds is 14. The Bertz CT molecular complexity index is 461. The number of unbranched alkanes of at least 4 members (excludes halogenated alkanes) is 9. The molecule has 0 bridgehead atoms. The van der Waals surface area contributed by atoms with E-state index in [-0.39, 0.29) is 24.9 Å². The molecule has 7 nitrogen and oxygen atoms in total. The van der Waals surface area contributed by atoms with Crippen molar-refractivity contribution < 1.29 is 14.4 Å². The molecule has 0 saturated heterocycles. The number of carbonyl (C=O) groups excluding carboxylic acids is 3. The van der Waals surface area contributed by atoms with E-state index in [0.29, 0.717) is 6.54 Å². The molecule has 3 amide bonds. The zero-order valence-electron chi connectivity index (χ0n) is 18.4. The monoisotopic (exact) mass is 398 g/mol. The van der Waals surface area contributed by atoms with Crippen LogP contribution in [0.4, 0.5) is 0 Å². The van der Waals surface area contributed by atoms with Gasteiger partial charge < -0.3 is 11.1 Å². The summed E-state index contributed by atoms with van der Waals surface area (Å²) in [6, 6.07) is 0. The highest BCUT2D eigenvalue weighted by molar-refractivity contribution is 5.89. The number of carbonyl (C=O) groups is 3. The summed E-state index contributed by atoms with van der Waals surface area (Å²) in [4.78, 5) is 36.0. The number of hydrogen-bond acceptors (Lipinski definition) is 4. The van der Waals surface area contributed by atoms with Crippen molar-refractivity contribution >= 4 is 17.7 Å².